The smallest absolute Gasteiger partial charge is 0.332 e. The molecule has 2 aliphatic rings. The van der Waals surface area contributed by atoms with Crippen molar-refractivity contribution in [1.82, 2.24) is 19.2 Å². The third-order valence-electron chi connectivity index (χ3n) is 6.93. The first-order valence-corrected chi connectivity index (χ1v) is 11.5. The molecule has 0 amide bonds. The Morgan fingerprint density at radius 1 is 0.939 bits per heavy atom. The number of aryl methyl sites for hydroxylation is 2. The van der Waals surface area contributed by atoms with E-state index >= 15 is 0 Å². The molecule has 1 saturated heterocycles. The van der Waals surface area contributed by atoms with Crippen molar-refractivity contribution in [3.63, 3.8) is 0 Å². The first kappa shape index (κ1) is 21.6. The second kappa shape index (κ2) is 8.30. The van der Waals surface area contributed by atoms with Gasteiger partial charge in [0.05, 0.1) is 13.7 Å². The average molecular weight is 447 g/mol. The summed E-state index contributed by atoms with van der Waals surface area (Å²) < 4.78 is 8.13. The van der Waals surface area contributed by atoms with Crippen LogP contribution in [-0.4, -0.2) is 39.4 Å². The lowest BCUT2D eigenvalue weighted by atomic mass is 9.86. The summed E-state index contributed by atoms with van der Waals surface area (Å²) in [5.41, 5.74) is 3.76. The summed E-state index contributed by atoms with van der Waals surface area (Å²) in [6.07, 6.45) is 1.74. The fourth-order valence-electron chi connectivity index (χ4n) is 5.47. The van der Waals surface area contributed by atoms with Crippen LogP contribution in [0.25, 0.3) is 0 Å². The maximum atomic E-state index is 12.9. The van der Waals surface area contributed by atoms with Crippen molar-refractivity contribution in [2.24, 2.45) is 5.41 Å². The van der Waals surface area contributed by atoms with Crippen molar-refractivity contribution in [3.8, 4) is 5.75 Å². The molecule has 7 nitrogen and oxygen atoms in total. The summed E-state index contributed by atoms with van der Waals surface area (Å²) in [5.74, 6) is 1.47. The standard InChI is InChI=1S/C26H30N4O3/c1-18-10-19(2)12-21(11-18)14-28-9-8-26(16-28)13-23-27-30(25(32)24(31)29(23)17-26)15-20-4-6-22(33-3)7-5-20/h4-7,10-12H,8-9,13-17H2,1-3H3/t26-/m1/s1. The Balaban J connectivity index is 1.34. The second-order valence-electron chi connectivity index (χ2n) is 9.75. The Morgan fingerprint density at radius 3 is 2.36 bits per heavy atom. The van der Waals surface area contributed by atoms with Crippen LogP contribution in [0.2, 0.25) is 0 Å². The molecule has 1 aromatic heterocycles. The highest BCUT2D eigenvalue weighted by Crippen LogP contribution is 2.39. The molecule has 0 N–H and O–H groups in total. The fraction of sp³-hybridized carbons (Fsp3) is 0.423. The number of hydrogen-bond acceptors (Lipinski definition) is 5. The van der Waals surface area contributed by atoms with E-state index in [1.807, 2.05) is 24.3 Å². The first-order valence-electron chi connectivity index (χ1n) is 11.5. The molecule has 33 heavy (non-hydrogen) atoms. The van der Waals surface area contributed by atoms with Crippen molar-refractivity contribution in [3.05, 3.63) is 91.3 Å². The molecule has 3 aromatic rings. The molecule has 172 valence electrons. The Bertz CT molecular complexity index is 1290. The average Bonchev–Trinajstić information content (AvgIpc) is 3.34. The van der Waals surface area contributed by atoms with Gasteiger partial charge < -0.3 is 4.74 Å². The van der Waals surface area contributed by atoms with Gasteiger partial charge in [-0.1, -0.05) is 41.5 Å². The normalized spacial score (nSPS) is 19.8. The number of rotatable bonds is 5. The molecule has 0 saturated carbocycles. The van der Waals surface area contributed by atoms with Gasteiger partial charge in [0.2, 0.25) is 0 Å². The quantitative estimate of drug-likeness (QED) is 0.564. The van der Waals surface area contributed by atoms with Gasteiger partial charge in [0.25, 0.3) is 0 Å². The lowest BCUT2D eigenvalue weighted by molar-refractivity contribution is 0.246. The second-order valence-corrected chi connectivity index (χ2v) is 9.75. The Morgan fingerprint density at radius 2 is 1.67 bits per heavy atom. The van der Waals surface area contributed by atoms with Crippen molar-refractivity contribution >= 4 is 0 Å². The van der Waals surface area contributed by atoms with Gasteiger partial charge in [-0.3, -0.25) is 19.1 Å². The van der Waals surface area contributed by atoms with Crippen molar-refractivity contribution in [2.75, 3.05) is 20.2 Å². The molecule has 7 heteroatoms. The van der Waals surface area contributed by atoms with Gasteiger partial charge >= 0.3 is 11.1 Å². The van der Waals surface area contributed by atoms with Crippen molar-refractivity contribution < 1.29 is 4.74 Å². The van der Waals surface area contributed by atoms with E-state index in [0.717, 1.165) is 49.6 Å². The third kappa shape index (κ3) is 4.25. The highest BCUT2D eigenvalue weighted by molar-refractivity contribution is 5.29. The molecule has 0 aliphatic carbocycles. The maximum absolute atomic E-state index is 12.9. The summed E-state index contributed by atoms with van der Waals surface area (Å²) in [6.45, 7) is 7.94. The zero-order chi connectivity index (χ0) is 23.2. The summed E-state index contributed by atoms with van der Waals surface area (Å²) >= 11 is 0. The minimum Gasteiger partial charge on any atom is -0.497 e. The largest absolute Gasteiger partial charge is 0.497 e. The number of ether oxygens (including phenoxy) is 1. The minimum atomic E-state index is -0.559. The van der Waals surface area contributed by atoms with E-state index in [0.29, 0.717) is 6.54 Å². The van der Waals surface area contributed by atoms with E-state index in [-0.39, 0.29) is 12.0 Å². The fourth-order valence-corrected chi connectivity index (χ4v) is 5.47. The minimum absolute atomic E-state index is 0.0240. The summed E-state index contributed by atoms with van der Waals surface area (Å²) in [7, 11) is 1.62. The number of fused-ring (bicyclic) bond motifs is 1. The van der Waals surface area contributed by atoms with Gasteiger partial charge in [0.15, 0.2) is 0 Å². The van der Waals surface area contributed by atoms with E-state index in [1.165, 1.54) is 21.4 Å². The molecule has 0 bridgehead atoms. The highest BCUT2D eigenvalue weighted by Gasteiger charge is 2.44. The van der Waals surface area contributed by atoms with Gasteiger partial charge in [-0.15, -0.1) is 0 Å². The van der Waals surface area contributed by atoms with Crippen LogP contribution < -0.4 is 15.9 Å². The molecule has 2 aliphatic heterocycles. The lowest BCUT2D eigenvalue weighted by Gasteiger charge is -2.23. The molecule has 1 spiro atoms. The first-order chi connectivity index (χ1) is 15.8. The molecule has 3 heterocycles. The summed E-state index contributed by atoms with van der Waals surface area (Å²) in [5, 5.41) is 4.62. The van der Waals surface area contributed by atoms with Crippen LogP contribution in [0.15, 0.2) is 52.1 Å². The molecular formula is C26H30N4O3. The van der Waals surface area contributed by atoms with Crippen LogP contribution in [0.1, 0.15) is 34.5 Å². The Hall–Kier alpha value is -3.19. The molecule has 5 rings (SSSR count). The van der Waals surface area contributed by atoms with Gasteiger partial charge in [0.1, 0.15) is 11.6 Å². The number of methoxy groups -OCH3 is 1. The van der Waals surface area contributed by atoms with Gasteiger partial charge in [-0.2, -0.15) is 5.10 Å². The molecule has 1 fully saturated rings. The number of nitrogens with zero attached hydrogens (tertiary/aromatic N) is 4. The molecule has 2 aromatic carbocycles. The van der Waals surface area contributed by atoms with E-state index in [9.17, 15) is 9.59 Å². The maximum Gasteiger partial charge on any atom is 0.332 e. The number of hydrogen-bond donors (Lipinski definition) is 0. The van der Waals surface area contributed by atoms with E-state index in [2.05, 4.69) is 42.0 Å². The Kier molecular flexibility index (Phi) is 5.44. The van der Waals surface area contributed by atoms with Gasteiger partial charge in [0, 0.05) is 31.5 Å². The number of likely N-dealkylation sites (tertiary alicyclic amines) is 1. The zero-order valence-corrected chi connectivity index (χ0v) is 19.5. The van der Waals surface area contributed by atoms with Crippen LogP contribution >= 0.6 is 0 Å². The monoisotopic (exact) mass is 446 g/mol. The van der Waals surface area contributed by atoms with Crippen LogP contribution in [-0.2, 0) is 26.1 Å². The van der Waals surface area contributed by atoms with E-state index in [4.69, 9.17) is 4.74 Å². The van der Waals surface area contributed by atoms with Crippen molar-refractivity contribution in [1.29, 1.82) is 0 Å². The number of aromatic nitrogens is 3. The van der Waals surface area contributed by atoms with Crippen LogP contribution in [0.5, 0.6) is 5.75 Å². The lowest BCUT2D eigenvalue weighted by Crippen LogP contribution is -2.43. The Labute approximate surface area is 193 Å². The highest BCUT2D eigenvalue weighted by atomic mass is 16.5. The number of benzene rings is 2. The molecule has 0 unspecified atom stereocenters. The van der Waals surface area contributed by atoms with Gasteiger partial charge in [-0.05, 0) is 50.1 Å². The van der Waals surface area contributed by atoms with Crippen LogP contribution in [0, 0.1) is 19.3 Å². The predicted molar refractivity (Wildman–Crippen MR) is 127 cm³/mol. The van der Waals surface area contributed by atoms with E-state index < -0.39 is 11.1 Å². The summed E-state index contributed by atoms with van der Waals surface area (Å²) in [6, 6.07) is 14.2. The molecule has 0 radical (unpaired) electrons. The topological polar surface area (TPSA) is 69.4 Å². The molecule has 1 atom stereocenters. The SMILES string of the molecule is COc1ccc(Cn2nc3n(c(=O)c2=O)C[C@]2(CCN(Cc4cc(C)cc(C)c4)C2)C3)cc1. The van der Waals surface area contributed by atoms with Gasteiger partial charge in [-0.25, -0.2) is 4.68 Å². The van der Waals surface area contributed by atoms with Crippen LogP contribution in [0.3, 0.4) is 0 Å². The summed E-state index contributed by atoms with van der Waals surface area (Å²) in [4.78, 5) is 28.1. The zero-order valence-electron chi connectivity index (χ0n) is 19.5. The van der Waals surface area contributed by atoms with Crippen molar-refractivity contribution in [2.45, 2.75) is 46.3 Å². The molecular weight excluding hydrogens is 416 g/mol. The van der Waals surface area contributed by atoms with E-state index in [1.54, 1.807) is 11.7 Å². The third-order valence-corrected chi connectivity index (χ3v) is 6.93. The predicted octanol–water partition coefficient (Wildman–Crippen LogP) is 2.53. The van der Waals surface area contributed by atoms with Crippen LogP contribution in [0.4, 0.5) is 0 Å².